The summed E-state index contributed by atoms with van der Waals surface area (Å²) >= 11 is 0. The lowest BCUT2D eigenvalue weighted by Crippen LogP contribution is -2.55. The largest absolute Gasteiger partial charge is 0.356 e. The molecule has 3 aliphatic rings. The minimum absolute atomic E-state index is 0.0428. The summed E-state index contributed by atoms with van der Waals surface area (Å²) in [5.41, 5.74) is 5.10. The van der Waals surface area contributed by atoms with Crippen LogP contribution in [0.4, 0.5) is 0 Å². The van der Waals surface area contributed by atoms with Gasteiger partial charge in [0.05, 0.1) is 23.3 Å². The van der Waals surface area contributed by atoms with Crippen molar-refractivity contribution in [3.05, 3.63) is 66.0 Å². The number of fused-ring (bicyclic) bond motifs is 3. The highest BCUT2D eigenvalue weighted by Gasteiger charge is 2.42. The number of carbonyl (C=O) groups is 2. The molecule has 2 aromatic carbocycles. The predicted molar refractivity (Wildman–Crippen MR) is 144 cm³/mol. The SMILES string of the molecule is CCC(=O)N1CC(C(=O)NCCCc2cccc(C3C4CC[N@@]3CC(n3cnc5ccccc53)C4)c2)C1. The molecule has 0 saturated carbocycles. The Morgan fingerprint density at radius 1 is 1.08 bits per heavy atom. The van der Waals surface area contributed by atoms with Crippen LogP contribution in [-0.2, 0) is 16.0 Å². The topological polar surface area (TPSA) is 70.5 Å². The van der Waals surface area contributed by atoms with Gasteiger partial charge in [-0.1, -0.05) is 43.3 Å². The van der Waals surface area contributed by atoms with Crippen molar-refractivity contribution in [2.75, 3.05) is 32.7 Å². The second-order valence-corrected chi connectivity index (χ2v) is 11.0. The lowest BCUT2D eigenvalue weighted by molar-refractivity contribution is -0.142. The summed E-state index contributed by atoms with van der Waals surface area (Å²) in [5.74, 6) is 0.841. The van der Waals surface area contributed by atoms with Crippen LogP contribution in [0, 0.1) is 11.8 Å². The summed E-state index contributed by atoms with van der Waals surface area (Å²) in [6, 6.07) is 18.5. The number of hydrogen-bond donors (Lipinski definition) is 1. The fraction of sp³-hybridized carbons (Fsp3) is 0.500. The first-order valence-corrected chi connectivity index (χ1v) is 13.9. The van der Waals surface area contributed by atoms with E-state index < -0.39 is 0 Å². The summed E-state index contributed by atoms with van der Waals surface area (Å²) in [7, 11) is 0. The van der Waals surface area contributed by atoms with Gasteiger partial charge in [0, 0.05) is 44.7 Å². The number of nitrogens with one attached hydrogen (secondary N) is 1. The number of nitrogens with zero attached hydrogens (tertiary/aromatic N) is 4. The third-order valence-corrected chi connectivity index (χ3v) is 8.66. The Hall–Kier alpha value is -3.19. The maximum Gasteiger partial charge on any atom is 0.226 e. The van der Waals surface area contributed by atoms with Crippen molar-refractivity contribution in [3.63, 3.8) is 0 Å². The molecule has 3 unspecified atom stereocenters. The van der Waals surface area contributed by atoms with E-state index in [0.717, 1.165) is 31.4 Å². The number of benzene rings is 2. The molecule has 6 rings (SSSR count). The molecule has 2 amide bonds. The molecular weight excluding hydrogens is 462 g/mol. The molecule has 0 radical (unpaired) electrons. The van der Waals surface area contributed by atoms with Crippen LogP contribution < -0.4 is 5.32 Å². The van der Waals surface area contributed by atoms with Gasteiger partial charge in [0.25, 0.3) is 0 Å². The first kappa shape index (κ1) is 24.2. The third kappa shape index (κ3) is 4.77. The van der Waals surface area contributed by atoms with Gasteiger partial charge in [-0.15, -0.1) is 0 Å². The standard InChI is InChI=1S/C30H37N5O2/c1-2-28(36)34-17-24(18-34)30(37)31-13-6-8-21-7-5-9-22(15-21)29-23-12-14-33(29)19-25(16-23)35-20-32-26-10-3-4-11-27(26)35/h3-5,7,9-11,15,20,23-25,29H,2,6,8,12-14,16-19H2,1H3,(H,31,37). The van der Waals surface area contributed by atoms with Crippen molar-refractivity contribution < 1.29 is 9.59 Å². The number of amides is 2. The van der Waals surface area contributed by atoms with Gasteiger partial charge < -0.3 is 14.8 Å². The van der Waals surface area contributed by atoms with Crippen LogP contribution in [0.5, 0.6) is 0 Å². The Balaban J connectivity index is 1.02. The molecule has 4 atom stereocenters. The average Bonchev–Trinajstić information content (AvgIpc) is 3.44. The maximum atomic E-state index is 12.4. The van der Waals surface area contributed by atoms with E-state index in [9.17, 15) is 9.59 Å². The van der Waals surface area contributed by atoms with E-state index in [1.165, 1.54) is 29.5 Å². The van der Waals surface area contributed by atoms with Crippen LogP contribution in [0.25, 0.3) is 11.0 Å². The predicted octanol–water partition coefficient (Wildman–Crippen LogP) is 3.96. The molecule has 7 nitrogen and oxygen atoms in total. The molecule has 3 fully saturated rings. The van der Waals surface area contributed by atoms with Gasteiger partial charge in [0.2, 0.25) is 11.8 Å². The normalized spacial score (nSPS) is 25.3. The summed E-state index contributed by atoms with van der Waals surface area (Å²) in [6.45, 7) is 5.91. The van der Waals surface area contributed by atoms with E-state index in [-0.39, 0.29) is 17.7 Å². The number of aromatic nitrogens is 2. The van der Waals surface area contributed by atoms with Gasteiger partial charge >= 0.3 is 0 Å². The number of para-hydroxylation sites is 2. The fourth-order valence-corrected chi connectivity index (χ4v) is 6.68. The van der Waals surface area contributed by atoms with E-state index >= 15 is 0 Å². The Morgan fingerprint density at radius 3 is 2.78 bits per heavy atom. The maximum absolute atomic E-state index is 12.4. The summed E-state index contributed by atoms with van der Waals surface area (Å²) in [6.07, 6.45) is 6.87. The van der Waals surface area contributed by atoms with Crippen molar-refractivity contribution in [2.45, 2.75) is 51.1 Å². The minimum atomic E-state index is -0.0428. The molecule has 1 aromatic heterocycles. The number of likely N-dealkylation sites (tertiary alicyclic amines) is 1. The van der Waals surface area contributed by atoms with Gasteiger partial charge in [0.1, 0.15) is 0 Å². The second kappa shape index (κ2) is 10.3. The number of imidazole rings is 1. The molecule has 3 saturated heterocycles. The Morgan fingerprint density at radius 2 is 1.95 bits per heavy atom. The van der Waals surface area contributed by atoms with Gasteiger partial charge in [-0.25, -0.2) is 4.98 Å². The van der Waals surface area contributed by atoms with Crippen LogP contribution in [-0.4, -0.2) is 63.9 Å². The van der Waals surface area contributed by atoms with E-state index in [4.69, 9.17) is 0 Å². The Bertz CT molecular complexity index is 1270. The Labute approximate surface area is 218 Å². The summed E-state index contributed by atoms with van der Waals surface area (Å²) < 4.78 is 2.39. The van der Waals surface area contributed by atoms with Crippen LogP contribution in [0.3, 0.4) is 0 Å². The highest BCUT2D eigenvalue weighted by molar-refractivity contribution is 5.84. The van der Waals surface area contributed by atoms with Gasteiger partial charge in [-0.2, -0.15) is 0 Å². The first-order valence-electron chi connectivity index (χ1n) is 13.9. The molecule has 194 valence electrons. The molecule has 2 bridgehead atoms. The van der Waals surface area contributed by atoms with Crippen molar-refractivity contribution in [1.82, 2.24) is 24.7 Å². The average molecular weight is 500 g/mol. The number of rotatable bonds is 8. The van der Waals surface area contributed by atoms with Crippen molar-refractivity contribution in [1.29, 1.82) is 0 Å². The Kier molecular flexibility index (Phi) is 6.72. The number of hydrogen-bond acceptors (Lipinski definition) is 4. The molecule has 3 aromatic rings. The van der Waals surface area contributed by atoms with E-state index in [1.807, 2.05) is 13.3 Å². The summed E-state index contributed by atoms with van der Waals surface area (Å²) in [4.78, 5) is 33.1. The zero-order valence-corrected chi connectivity index (χ0v) is 21.7. The lowest BCUT2D eigenvalue weighted by atomic mass is 9.84. The molecular formula is C30H37N5O2. The van der Waals surface area contributed by atoms with Crippen LogP contribution in [0.15, 0.2) is 54.9 Å². The van der Waals surface area contributed by atoms with Gasteiger partial charge in [-0.3, -0.25) is 14.5 Å². The van der Waals surface area contributed by atoms with Crippen LogP contribution >= 0.6 is 0 Å². The van der Waals surface area contributed by atoms with Crippen molar-refractivity contribution in [2.24, 2.45) is 11.8 Å². The molecule has 3 aliphatic heterocycles. The molecule has 7 heteroatoms. The van der Waals surface area contributed by atoms with Crippen LogP contribution in [0.2, 0.25) is 0 Å². The second-order valence-electron chi connectivity index (χ2n) is 11.0. The molecule has 1 N–H and O–H groups in total. The van der Waals surface area contributed by atoms with Crippen molar-refractivity contribution >= 4 is 22.8 Å². The first-order chi connectivity index (χ1) is 18.1. The number of aryl methyl sites for hydroxylation is 1. The van der Waals surface area contributed by atoms with E-state index in [0.29, 0.717) is 44.1 Å². The lowest BCUT2D eigenvalue weighted by Gasteiger charge is -2.39. The van der Waals surface area contributed by atoms with E-state index in [1.54, 1.807) is 4.90 Å². The highest BCUT2D eigenvalue weighted by Crippen LogP contribution is 2.47. The molecule has 4 heterocycles. The molecule has 0 spiro atoms. The zero-order valence-electron chi connectivity index (χ0n) is 21.7. The quantitative estimate of drug-likeness (QED) is 0.477. The monoisotopic (exact) mass is 499 g/mol. The van der Waals surface area contributed by atoms with Crippen LogP contribution in [0.1, 0.15) is 55.8 Å². The number of piperidine rings is 1. The highest BCUT2D eigenvalue weighted by atomic mass is 16.2. The van der Waals surface area contributed by atoms with Gasteiger partial charge in [0.15, 0.2) is 0 Å². The van der Waals surface area contributed by atoms with Crippen molar-refractivity contribution in [3.8, 4) is 0 Å². The van der Waals surface area contributed by atoms with Gasteiger partial charge in [-0.05, 0) is 61.4 Å². The fourth-order valence-electron chi connectivity index (χ4n) is 6.68. The van der Waals surface area contributed by atoms with E-state index in [2.05, 4.69) is 68.3 Å². The number of carbonyl (C=O) groups excluding carboxylic acids is 2. The molecule has 37 heavy (non-hydrogen) atoms. The molecule has 0 aliphatic carbocycles. The smallest absolute Gasteiger partial charge is 0.226 e. The third-order valence-electron chi connectivity index (χ3n) is 8.66. The minimum Gasteiger partial charge on any atom is -0.356 e. The zero-order chi connectivity index (χ0) is 25.4. The summed E-state index contributed by atoms with van der Waals surface area (Å²) in [5, 5.41) is 3.07.